The molecule has 1 heterocycles. The van der Waals surface area contributed by atoms with Gasteiger partial charge in [0, 0.05) is 11.1 Å². The Morgan fingerprint density at radius 3 is 1.78 bits per heavy atom. The minimum absolute atomic E-state index is 0.676. The fourth-order valence-electron chi connectivity index (χ4n) is 2.37. The standard InChI is InChI=1S/C19H19N3O/c1-4-14-5-7-15(8-6-14)18-20-13(2)21-19(22-18)16-9-11-17(23-3)12-10-16/h5-12H,4H2,1-3H3. The van der Waals surface area contributed by atoms with Crippen LogP contribution < -0.4 is 4.74 Å². The van der Waals surface area contributed by atoms with Gasteiger partial charge < -0.3 is 4.74 Å². The van der Waals surface area contributed by atoms with E-state index in [1.807, 2.05) is 31.2 Å². The molecule has 0 atom stereocenters. The molecule has 0 bridgehead atoms. The number of aromatic nitrogens is 3. The SMILES string of the molecule is CCc1ccc(-c2nc(C)nc(-c3ccc(OC)cc3)n2)cc1. The van der Waals surface area contributed by atoms with Crippen molar-refractivity contribution in [3.05, 3.63) is 59.9 Å². The van der Waals surface area contributed by atoms with Crippen molar-refractivity contribution in [2.45, 2.75) is 20.3 Å². The van der Waals surface area contributed by atoms with E-state index >= 15 is 0 Å². The molecular formula is C19H19N3O. The smallest absolute Gasteiger partial charge is 0.163 e. The lowest BCUT2D eigenvalue weighted by Crippen LogP contribution is -1.99. The molecule has 3 aromatic rings. The summed E-state index contributed by atoms with van der Waals surface area (Å²) in [6.45, 7) is 4.03. The maximum atomic E-state index is 5.19. The van der Waals surface area contributed by atoms with Crippen LogP contribution in [0.4, 0.5) is 0 Å². The normalized spacial score (nSPS) is 10.6. The molecule has 0 saturated heterocycles. The number of ether oxygens (including phenoxy) is 1. The molecule has 0 aliphatic carbocycles. The van der Waals surface area contributed by atoms with E-state index in [9.17, 15) is 0 Å². The first-order valence-electron chi connectivity index (χ1n) is 7.66. The van der Waals surface area contributed by atoms with Crippen LogP contribution in [0.25, 0.3) is 22.8 Å². The molecule has 0 aliphatic rings. The van der Waals surface area contributed by atoms with E-state index in [0.29, 0.717) is 17.5 Å². The fourth-order valence-corrected chi connectivity index (χ4v) is 2.37. The zero-order chi connectivity index (χ0) is 16.2. The summed E-state index contributed by atoms with van der Waals surface area (Å²) < 4.78 is 5.19. The summed E-state index contributed by atoms with van der Waals surface area (Å²) in [6.07, 6.45) is 1.02. The van der Waals surface area contributed by atoms with E-state index in [2.05, 4.69) is 46.1 Å². The number of aryl methyl sites for hydroxylation is 2. The number of nitrogens with zero attached hydrogens (tertiary/aromatic N) is 3. The van der Waals surface area contributed by atoms with Gasteiger partial charge in [-0.2, -0.15) is 0 Å². The van der Waals surface area contributed by atoms with Crippen LogP contribution in [0.3, 0.4) is 0 Å². The van der Waals surface area contributed by atoms with Gasteiger partial charge in [0.25, 0.3) is 0 Å². The molecule has 0 amide bonds. The van der Waals surface area contributed by atoms with Gasteiger partial charge in [0.1, 0.15) is 11.6 Å². The third-order valence-corrected chi connectivity index (χ3v) is 3.72. The number of rotatable bonds is 4. The molecule has 0 unspecified atom stereocenters. The van der Waals surface area contributed by atoms with Crippen molar-refractivity contribution >= 4 is 0 Å². The Morgan fingerprint density at radius 1 is 0.783 bits per heavy atom. The molecule has 1 aromatic heterocycles. The second-order valence-electron chi connectivity index (χ2n) is 5.31. The summed E-state index contributed by atoms with van der Waals surface area (Å²) in [5, 5.41) is 0. The van der Waals surface area contributed by atoms with Gasteiger partial charge in [-0.25, -0.2) is 15.0 Å². The van der Waals surface area contributed by atoms with E-state index in [1.165, 1.54) is 5.56 Å². The van der Waals surface area contributed by atoms with Gasteiger partial charge >= 0.3 is 0 Å². The van der Waals surface area contributed by atoms with Crippen molar-refractivity contribution in [3.8, 4) is 28.5 Å². The van der Waals surface area contributed by atoms with Crippen molar-refractivity contribution in [1.82, 2.24) is 15.0 Å². The highest BCUT2D eigenvalue weighted by Gasteiger charge is 2.08. The summed E-state index contributed by atoms with van der Waals surface area (Å²) in [7, 11) is 1.65. The lowest BCUT2D eigenvalue weighted by Gasteiger charge is -2.07. The lowest BCUT2D eigenvalue weighted by atomic mass is 10.1. The highest BCUT2D eigenvalue weighted by molar-refractivity contribution is 5.61. The Balaban J connectivity index is 2.00. The summed E-state index contributed by atoms with van der Waals surface area (Å²) in [5.74, 6) is 2.90. The maximum absolute atomic E-state index is 5.19. The highest BCUT2D eigenvalue weighted by Crippen LogP contribution is 2.22. The van der Waals surface area contributed by atoms with Gasteiger partial charge in [-0.1, -0.05) is 31.2 Å². The van der Waals surface area contributed by atoms with Crippen molar-refractivity contribution < 1.29 is 4.74 Å². The number of hydrogen-bond acceptors (Lipinski definition) is 4. The Morgan fingerprint density at radius 2 is 1.30 bits per heavy atom. The van der Waals surface area contributed by atoms with Crippen molar-refractivity contribution in [2.75, 3.05) is 7.11 Å². The van der Waals surface area contributed by atoms with E-state index in [1.54, 1.807) is 7.11 Å². The molecule has 0 N–H and O–H groups in total. The monoisotopic (exact) mass is 305 g/mol. The molecule has 0 fully saturated rings. The molecule has 4 heteroatoms. The predicted molar refractivity (Wildman–Crippen MR) is 91.4 cm³/mol. The molecule has 0 spiro atoms. The topological polar surface area (TPSA) is 47.9 Å². The molecule has 0 aliphatic heterocycles. The van der Waals surface area contributed by atoms with Crippen LogP contribution in [0, 0.1) is 6.92 Å². The Hall–Kier alpha value is -2.75. The summed E-state index contributed by atoms with van der Waals surface area (Å²) in [4.78, 5) is 13.5. The van der Waals surface area contributed by atoms with Gasteiger partial charge in [-0.3, -0.25) is 0 Å². The highest BCUT2D eigenvalue weighted by atomic mass is 16.5. The van der Waals surface area contributed by atoms with Crippen molar-refractivity contribution in [3.63, 3.8) is 0 Å². The predicted octanol–water partition coefficient (Wildman–Crippen LogP) is 4.09. The van der Waals surface area contributed by atoms with Crippen LogP contribution in [0.5, 0.6) is 5.75 Å². The Labute approximate surface area is 136 Å². The third-order valence-electron chi connectivity index (χ3n) is 3.72. The second-order valence-corrected chi connectivity index (χ2v) is 5.31. The first kappa shape index (κ1) is 15.2. The van der Waals surface area contributed by atoms with E-state index in [4.69, 9.17) is 4.74 Å². The molecule has 2 aromatic carbocycles. The Bertz CT molecular complexity index is 730. The molecule has 0 saturated carbocycles. The average molecular weight is 305 g/mol. The molecule has 3 rings (SSSR count). The van der Waals surface area contributed by atoms with Crippen LogP contribution in [-0.4, -0.2) is 22.1 Å². The van der Waals surface area contributed by atoms with Crippen LogP contribution >= 0.6 is 0 Å². The van der Waals surface area contributed by atoms with Crippen molar-refractivity contribution in [2.24, 2.45) is 0 Å². The number of hydrogen-bond donors (Lipinski definition) is 0. The van der Waals surface area contributed by atoms with E-state index in [0.717, 1.165) is 23.3 Å². The largest absolute Gasteiger partial charge is 0.497 e. The van der Waals surface area contributed by atoms with Crippen molar-refractivity contribution in [1.29, 1.82) is 0 Å². The fraction of sp³-hybridized carbons (Fsp3) is 0.211. The van der Waals surface area contributed by atoms with Gasteiger partial charge in [0.15, 0.2) is 11.6 Å². The Kier molecular flexibility index (Phi) is 4.33. The van der Waals surface area contributed by atoms with Crippen LogP contribution in [0.2, 0.25) is 0 Å². The van der Waals surface area contributed by atoms with Crippen LogP contribution in [-0.2, 0) is 6.42 Å². The minimum atomic E-state index is 0.676. The molecule has 4 nitrogen and oxygen atoms in total. The average Bonchev–Trinajstić information content (AvgIpc) is 2.61. The van der Waals surface area contributed by atoms with Gasteiger partial charge in [-0.05, 0) is 43.2 Å². The lowest BCUT2D eigenvalue weighted by molar-refractivity contribution is 0.415. The number of benzene rings is 2. The van der Waals surface area contributed by atoms with Gasteiger partial charge in [0.2, 0.25) is 0 Å². The number of methoxy groups -OCH3 is 1. The first-order valence-corrected chi connectivity index (χ1v) is 7.66. The molecule has 23 heavy (non-hydrogen) atoms. The third kappa shape index (κ3) is 3.37. The van der Waals surface area contributed by atoms with E-state index < -0.39 is 0 Å². The quantitative estimate of drug-likeness (QED) is 0.728. The molecule has 0 radical (unpaired) electrons. The van der Waals surface area contributed by atoms with Crippen LogP contribution in [0.1, 0.15) is 18.3 Å². The molecule has 116 valence electrons. The summed E-state index contributed by atoms with van der Waals surface area (Å²) in [5.41, 5.74) is 3.25. The van der Waals surface area contributed by atoms with E-state index in [-0.39, 0.29) is 0 Å². The van der Waals surface area contributed by atoms with Crippen LogP contribution in [0.15, 0.2) is 48.5 Å². The zero-order valence-corrected chi connectivity index (χ0v) is 13.6. The second kappa shape index (κ2) is 6.57. The first-order chi connectivity index (χ1) is 11.2. The maximum Gasteiger partial charge on any atom is 0.163 e. The summed E-state index contributed by atoms with van der Waals surface area (Å²) >= 11 is 0. The zero-order valence-electron chi connectivity index (χ0n) is 13.6. The molecular weight excluding hydrogens is 286 g/mol. The van der Waals surface area contributed by atoms with Gasteiger partial charge in [-0.15, -0.1) is 0 Å². The minimum Gasteiger partial charge on any atom is -0.497 e. The summed E-state index contributed by atoms with van der Waals surface area (Å²) in [6, 6.07) is 16.1. The van der Waals surface area contributed by atoms with Gasteiger partial charge in [0.05, 0.1) is 7.11 Å².